The molecule has 2 amide bonds. The summed E-state index contributed by atoms with van der Waals surface area (Å²) in [6, 6.07) is 7.83. The van der Waals surface area contributed by atoms with E-state index < -0.39 is 0 Å². The first kappa shape index (κ1) is 17.9. The lowest BCUT2D eigenvalue weighted by Crippen LogP contribution is -2.35. The second-order valence-electron chi connectivity index (χ2n) is 7.94. The zero-order valence-corrected chi connectivity index (χ0v) is 16.3. The van der Waals surface area contributed by atoms with Crippen molar-refractivity contribution in [2.75, 3.05) is 25.5 Å². The molecule has 148 valence electrons. The van der Waals surface area contributed by atoms with Gasteiger partial charge >= 0.3 is 0 Å². The maximum Gasteiger partial charge on any atom is 0.251 e. The number of benzene rings is 1. The number of H-pyrrole nitrogens is 1. The van der Waals surface area contributed by atoms with Crippen LogP contribution in [0, 0.1) is 5.92 Å². The summed E-state index contributed by atoms with van der Waals surface area (Å²) in [6.07, 6.45) is 5.39. The first-order chi connectivity index (χ1) is 14.1. The van der Waals surface area contributed by atoms with Crippen LogP contribution in [0.2, 0.25) is 0 Å². The average Bonchev–Trinajstić information content (AvgIpc) is 3.31. The van der Waals surface area contributed by atoms with E-state index in [9.17, 15) is 9.59 Å². The van der Waals surface area contributed by atoms with Gasteiger partial charge in [0.1, 0.15) is 5.65 Å². The van der Waals surface area contributed by atoms with Gasteiger partial charge in [0.15, 0.2) is 0 Å². The molecule has 0 saturated carbocycles. The Kier molecular flexibility index (Phi) is 4.32. The predicted molar refractivity (Wildman–Crippen MR) is 112 cm³/mol. The van der Waals surface area contributed by atoms with Gasteiger partial charge in [-0.3, -0.25) is 9.59 Å². The third-order valence-electron chi connectivity index (χ3n) is 5.99. The number of rotatable bonds is 3. The quantitative estimate of drug-likeness (QED) is 0.643. The van der Waals surface area contributed by atoms with Gasteiger partial charge in [0, 0.05) is 35.2 Å². The summed E-state index contributed by atoms with van der Waals surface area (Å²) in [4.78, 5) is 34.4. The highest BCUT2D eigenvalue weighted by Crippen LogP contribution is 2.32. The monoisotopic (exact) mass is 389 g/mol. The minimum absolute atomic E-state index is 0.0222. The number of carbonyl (C=O) groups is 2. The molecule has 3 N–H and O–H groups in total. The number of carbonyl (C=O) groups excluding carboxylic acids is 2. The van der Waals surface area contributed by atoms with Crippen molar-refractivity contribution in [3.63, 3.8) is 0 Å². The fourth-order valence-corrected chi connectivity index (χ4v) is 4.23. The average molecular weight is 389 g/mol. The van der Waals surface area contributed by atoms with Crippen LogP contribution in [0.4, 0.5) is 5.69 Å². The van der Waals surface area contributed by atoms with Gasteiger partial charge in [0.25, 0.3) is 5.91 Å². The van der Waals surface area contributed by atoms with Gasteiger partial charge in [-0.1, -0.05) is 6.07 Å². The lowest BCUT2D eigenvalue weighted by Gasteiger charge is -2.28. The number of likely N-dealkylation sites (tertiary alicyclic amines) is 1. The molecular weight excluding hydrogens is 366 g/mol. The SMILES string of the molecule is CN1CCC(C(=O)Nc2cnc3[nH]cc(-c4ccc5c(c4)CNC5=O)c3c2)CC1. The van der Waals surface area contributed by atoms with Crippen molar-refractivity contribution in [2.45, 2.75) is 19.4 Å². The van der Waals surface area contributed by atoms with Crippen molar-refractivity contribution >= 4 is 28.5 Å². The predicted octanol–water partition coefficient (Wildman–Crippen LogP) is 2.75. The molecule has 2 aliphatic heterocycles. The smallest absolute Gasteiger partial charge is 0.251 e. The van der Waals surface area contributed by atoms with E-state index in [0.29, 0.717) is 12.2 Å². The molecule has 5 rings (SSSR count). The number of pyridine rings is 1. The van der Waals surface area contributed by atoms with Crippen molar-refractivity contribution in [1.82, 2.24) is 20.2 Å². The highest BCUT2D eigenvalue weighted by atomic mass is 16.2. The summed E-state index contributed by atoms with van der Waals surface area (Å²) in [5.74, 6) is 0.0961. The Morgan fingerprint density at radius 3 is 2.86 bits per heavy atom. The molecule has 2 aromatic heterocycles. The maximum absolute atomic E-state index is 12.7. The van der Waals surface area contributed by atoms with Crippen LogP contribution in [0.25, 0.3) is 22.2 Å². The second-order valence-corrected chi connectivity index (χ2v) is 7.94. The van der Waals surface area contributed by atoms with Crippen LogP contribution in [0.1, 0.15) is 28.8 Å². The molecule has 4 heterocycles. The van der Waals surface area contributed by atoms with Gasteiger partial charge in [-0.15, -0.1) is 0 Å². The van der Waals surface area contributed by atoms with Gasteiger partial charge < -0.3 is 20.5 Å². The molecule has 0 aliphatic carbocycles. The Hall–Kier alpha value is -3.19. The van der Waals surface area contributed by atoms with E-state index in [1.807, 2.05) is 30.5 Å². The van der Waals surface area contributed by atoms with E-state index in [4.69, 9.17) is 0 Å². The van der Waals surface area contributed by atoms with E-state index in [1.165, 1.54) is 0 Å². The Balaban J connectivity index is 1.42. The fourth-order valence-electron chi connectivity index (χ4n) is 4.23. The van der Waals surface area contributed by atoms with Crippen molar-refractivity contribution in [3.8, 4) is 11.1 Å². The number of aromatic amines is 1. The summed E-state index contributed by atoms with van der Waals surface area (Å²) in [6.45, 7) is 2.46. The zero-order chi connectivity index (χ0) is 20.0. The topological polar surface area (TPSA) is 90.1 Å². The molecule has 0 spiro atoms. The van der Waals surface area contributed by atoms with E-state index >= 15 is 0 Å². The van der Waals surface area contributed by atoms with Crippen molar-refractivity contribution in [1.29, 1.82) is 0 Å². The Morgan fingerprint density at radius 1 is 1.21 bits per heavy atom. The van der Waals surface area contributed by atoms with Crippen LogP contribution < -0.4 is 10.6 Å². The lowest BCUT2D eigenvalue weighted by atomic mass is 9.96. The number of hydrogen-bond donors (Lipinski definition) is 3. The van der Waals surface area contributed by atoms with Crippen LogP contribution >= 0.6 is 0 Å². The number of aromatic nitrogens is 2. The number of piperidine rings is 1. The molecule has 0 atom stereocenters. The second kappa shape index (κ2) is 7.00. The largest absolute Gasteiger partial charge is 0.348 e. The van der Waals surface area contributed by atoms with Crippen molar-refractivity contribution in [3.05, 3.63) is 47.8 Å². The number of nitrogens with zero attached hydrogens (tertiary/aromatic N) is 2. The molecule has 0 radical (unpaired) electrons. The van der Waals surface area contributed by atoms with E-state index in [2.05, 4.69) is 32.5 Å². The minimum Gasteiger partial charge on any atom is -0.348 e. The normalized spacial score (nSPS) is 17.3. The lowest BCUT2D eigenvalue weighted by molar-refractivity contribution is -0.121. The number of hydrogen-bond acceptors (Lipinski definition) is 4. The highest BCUT2D eigenvalue weighted by molar-refractivity contribution is 6.01. The molecule has 1 fully saturated rings. The Labute approximate surface area is 168 Å². The first-order valence-corrected chi connectivity index (χ1v) is 9.96. The van der Waals surface area contributed by atoms with Crippen LogP contribution in [0.5, 0.6) is 0 Å². The molecule has 2 aliphatic rings. The molecule has 1 aromatic carbocycles. The van der Waals surface area contributed by atoms with Crippen LogP contribution in [0.15, 0.2) is 36.7 Å². The first-order valence-electron chi connectivity index (χ1n) is 9.96. The fraction of sp³-hybridized carbons (Fsp3) is 0.318. The molecule has 0 bridgehead atoms. The molecular formula is C22H23N5O2. The van der Waals surface area contributed by atoms with E-state index in [1.54, 1.807) is 6.20 Å². The Bertz CT molecular complexity index is 1110. The van der Waals surface area contributed by atoms with Crippen LogP contribution in [-0.4, -0.2) is 46.8 Å². The summed E-state index contributed by atoms with van der Waals surface area (Å²) in [5.41, 5.74) is 5.24. The van der Waals surface area contributed by atoms with Crippen molar-refractivity contribution < 1.29 is 9.59 Å². The number of nitrogens with one attached hydrogen (secondary N) is 3. The summed E-state index contributed by atoms with van der Waals surface area (Å²) >= 11 is 0. The van der Waals surface area contributed by atoms with Crippen molar-refractivity contribution in [2.24, 2.45) is 5.92 Å². The summed E-state index contributed by atoms with van der Waals surface area (Å²) in [7, 11) is 2.09. The van der Waals surface area contributed by atoms with Crippen LogP contribution in [0.3, 0.4) is 0 Å². The third kappa shape index (κ3) is 3.27. The maximum atomic E-state index is 12.7. The minimum atomic E-state index is -0.0222. The van der Waals surface area contributed by atoms with Gasteiger partial charge in [-0.2, -0.15) is 0 Å². The molecule has 3 aromatic rings. The zero-order valence-electron chi connectivity index (χ0n) is 16.3. The standard InChI is InChI=1S/C22H23N5O2/c1-27-6-4-13(5-7-27)21(28)26-16-9-18-19(12-24-20(18)23-11-16)14-2-3-17-15(8-14)10-25-22(17)29/h2-3,8-9,11-13H,4-7,10H2,1H3,(H,23,24)(H,25,29)(H,26,28). The molecule has 7 nitrogen and oxygen atoms in total. The van der Waals surface area contributed by atoms with Gasteiger partial charge in [-0.25, -0.2) is 4.98 Å². The summed E-state index contributed by atoms with van der Waals surface area (Å²) in [5, 5.41) is 6.84. The summed E-state index contributed by atoms with van der Waals surface area (Å²) < 4.78 is 0. The molecule has 7 heteroatoms. The number of fused-ring (bicyclic) bond motifs is 2. The van der Waals surface area contributed by atoms with Gasteiger partial charge in [0.2, 0.25) is 5.91 Å². The van der Waals surface area contributed by atoms with Gasteiger partial charge in [0.05, 0.1) is 11.9 Å². The van der Waals surface area contributed by atoms with E-state index in [-0.39, 0.29) is 17.7 Å². The van der Waals surface area contributed by atoms with E-state index in [0.717, 1.165) is 59.2 Å². The number of amides is 2. The highest BCUT2D eigenvalue weighted by Gasteiger charge is 2.24. The molecule has 0 unspecified atom stereocenters. The Morgan fingerprint density at radius 2 is 2.03 bits per heavy atom. The number of anilines is 1. The molecule has 1 saturated heterocycles. The molecule has 29 heavy (non-hydrogen) atoms. The van der Waals surface area contributed by atoms with Gasteiger partial charge in [-0.05, 0) is 62.3 Å². The third-order valence-corrected chi connectivity index (χ3v) is 5.99. The van der Waals surface area contributed by atoms with Crippen LogP contribution in [-0.2, 0) is 11.3 Å².